The molecule has 2 rings (SSSR count). The first kappa shape index (κ1) is 18.1. The second-order valence-corrected chi connectivity index (χ2v) is 5.59. The lowest BCUT2D eigenvalue weighted by Gasteiger charge is -2.15. The minimum absolute atomic E-state index is 0.0182. The zero-order valence-electron chi connectivity index (χ0n) is 12.7. The van der Waals surface area contributed by atoms with Crippen LogP contribution in [-0.2, 0) is 11.0 Å². The summed E-state index contributed by atoms with van der Waals surface area (Å²) >= 11 is 5.89. The molecule has 2 aromatic carbocycles. The molecule has 0 spiro atoms. The van der Waals surface area contributed by atoms with Crippen LogP contribution in [-0.4, -0.2) is 12.5 Å². The number of halogens is 4. The fraction of sp³-hybridized carbons (Fsp3) is 0.235. The highest BCUT2D eigenvalue weighted by Crippen LogP contribution is 2.31. The highest BCUT2D eigenvalue weighted by Gasteiger charge is 2.30. The molecule has 0 fully saturated rings. The third-order valence-corrected chi connectivity index (χ3v) is 3.49. The Morgan fingerprint density at radius 1 is 1.21 bits per heavy atom. The summed E-state index contributed by atoms with van der Waals surface area (Å²) in [5, 5.41) is 3.24. The number of alkyl halides is 3. The van der Waals surface area contributed by atoms with Crippen LogP contribution in [0.5, 0.6) is 5.75 Å². The molecule has 3 nitrogen and oxygen atoms in total. The van der Waals surface area contributed by atoms with Gasteiger partial charge in [-0.15, -0.1) is 0 Å². The van der Waals surface area contributed by atoms with Crippen molar-refractivity contribution in [2.24, 2.45) is 0 Å². The zero-order valence-corrected chi connectivity index (χ0v) is 13.5. The van der Waals surface area contributed by atoms with E-state index in [1.54, 1.807) is 25.1 Å². The van der Waals surface area contributed by atoms with Crippen LogP contribution >= 0.6 is 11.6 Å². The highest BCUT2D eigenvalue weighted by atomic mass is 35.5. The monoisotopic (exact) mass is 357 g/mol. The van der Waals surface area contributed by atoms with Crippen LogP contribution in [0.25, 0.3) is 0 Å². The third-order valence-electron chi connectivity index (χ3n) is 3.26. The lowest BCUT2D eigenvalue weighted by atomic mass is 10.1. The Labute approximate surface area is 142 Å². The molecule has 0 aliphatic heterocycles. The molecular weight excluding hydrogens is 343 g/mol. The second kappa shape index (κ2) is 7.57. The van der Waals surface area contributed by atoms with Crippen LogP contribution in [0, 0.1) is 0 Å². The lowest BCUT2D eigenvalue weighted by Crippen LogP contribution is -2.31. The first-order valence-corrected chi connectivity index (χ1v) is 7.48. The maximum absolute atomic E-state index is 12.6. The van der Waals surface area contributed by atoms with Crippen LogP contribution in [0.15, 0.2) is 48.5 Å². The Kier molecular flexibility index (Phi) is 5.72. The molecule has 0 aliphatic carbocycles. The first-order valence-electron chi connectivity index (χ1n) is 7.10. The van der Waals surface area contributed by atoms with Gasteiger partial charge in [0, 0.05) is 5.02 Å². The zero-order chi connectivity index (χ0) is 17.7. The predicted molar refractivity (Wildman–Crippen MR) is 84.9 cm³/mol. The van der Waals surface area contributed by atoms with Crippen molar-refractivity contribution in [1.29, 1.82) is 0 Å². The van der Waals surface area contributed by atoms with Gasteiger partial charge in [0.25, 0.3) is 5.91 Å². The molecule has 0 heterocycles. The minimum atomic E-state index is -4.46. The van der Waals surface area contributed by atoms with Crippen LogP contribution in [0.4, 0.5) is 13.2 Å². The van der Waals surface area contributed by atoms with Crippen molar-refractivity contribution in [3.05, 3.63) is 64.7 Å². The minimum Gasteiger partial charge on any atom is -0.484 e. The quantitative estimate of drug-likeness (QED) is 0.848. The van der Waals surface area contributed by atoms with E-state index in [0.29, 0.717) is 5.02 Å². The van der Waals surface area contributed by atoms with Gasteiger partial charge in [0.2, 0.25) is 0 Å². The van der Waals surface area contributed by atoms with E-state index in [0.717, 1.165) is 17.7 Å². The molecule has 7 heteroatoms. The maximum atomic E-state index is 12.6. The van der Waals surface area contributed by atoms with Gasteiger partial charge in [-0.05, 0) is 42.8 Å². The highest BCUT2D eigenvalue weighted by molar-refractivity contribution is 6.30. The van der Waals surface area contributed by atoms with E-state index >= 15 is 0 Å². The number of carbonyl (C=O) groups excluding carboxylic acids is 1. The summed E-state index contributed by atoms with van der Waals surface area (Å²) in [5.41, 5.74) is -0.0115. The number of benzene rings is 2. The topological polar surface area (TPSA) is 38.3 Å². The summed E-state index contributed by atoms with van der Waals surface area (Å²) in [7, 11) is 0. The standard InChI is InChI=1S/C17H15ClF3NO2/c1-11(12-4-2-6-14(18)8-12)22-16(23)10-24-15-7-3-5-13(9-15)17(19,20)21/h2-9,11H,10H2,1H3,(H,22,23). The van der Waals surface area contributed by atoms with Gasteiger partial charge in [-0.1, -0.05) is 29.8 Å². The molecule has 0 aliphatic rings. The smallest absolute Gasteiger partial charge is 0.416 e. The van der Waals surface area contributed by atoms with Crippen molar-refractivity contribution >= 4 is 17.5 Å². The van der Waals surface area contributed by atoms with Gasteiger partial charge >= 0.3 is 6.18 Å². The number of hydrogen-bond donors (Lipinski definition) is 1. The molecule has 1 N–H and O–H groups in total. The summed E-state index contributed by atoms with van der Waals surface area (Å²) in [6.07, 6.45) is -4.46. The van der Waals surface area contributed by atoms with Crippen LogP contribution in [0.1, 0.15) is 24.1 Å². The number of amides is 1. The van der Waals surface area contributed by atoms with Gasteiger partial charge in [0.15, 0.2) is 6.61 Å². The fourth-order valence-corrected chi connectivity index (χ4v) is 2.25. The third kappa shape index (κ3) is 5.16. The molecule has 0 saturated carbocycles. The maximum Gasteiger partial charge on any atom is 0.416 e. The molecular formula is C17H15ClF3NO2. The van der Waals surface area contributed by atoms with E-state index in [-0.39, 0.29) is 18.4 Å². The Hall–Kier alpha value is -2.21. The Balaban J connectivity index is 1.91. The molecule has 1 amide bonds. The normalized spacial score (nSPS) is 12.5. The van der Waals surface area contributed by atoms with Crippen LogP contribution in [0.3, 0.4) is 0 Å². The van der Waals surface area contributed by atoms with Gasteiger partial charge in [-0.3, -0.25) is 4.79 Å². The Morgan fingerprint density at radius 2 is 1.92 bits per heavy atom. The number of rotatable bonds is 5. The van der Waals surface area contributed by atoms with E-state index < -0.39 is 17.6 Å². The molecule has 0 radical (unpaired) electrons. The van der Waals surface area contributed by atoms with E-state index in [4.69, 9.17) is 16.3 Å². The van der Waals surface area contributed by atoms with Crippen molar-refractivity contribution in [3.8, 4) is 5.75 Å². The molecule has 128 valence electrons. The molecule has 0 bridgehead atoms. The molecule has 0 aromatic heterocycles. The average Bonchev–Trinajstić information content (AvgIpc) is 2.52. The summed E-state index contributed by atoms with van der Waals surface area (Å²) in [4.78, 5) is 11.9. The molecule has 0 saturated heterocycles. The lowest BCUT2D eigenvalue weighted by molar-refractivity contribution is -0.137. The van der Waals surface area contributed by atoms with Gasteiger partial charge in [-0.2, -0.15) is 13.2 Å². The largest absolute Gasteiger partial charge is 0.484 e. The summed E-state index contributed by atoms with van der Waals surface area (Å²) in [6.45, 7) is 1.39. The fourth-order valence-electron chi connectivity index (χ4n) is 2.05. The summed E-state index contributed by atoms with van der Waals surface area (Å²) in [6, 6.07) is 11.1. The van der Waals surface area contributed by atoms with Crippen molar-refractivity contribution < 1.29 is 22.7 Å². The molecule has 1 atom stereocenters. The molecule has 1 unspecified atom stereocenters. The Bertz CT molecular complexity index is 719. The number of ether oxygens (including phenoxy) is 1. The van der Waals surface area contributed by atoms with Crippen LogP contribution < -0.4 is 10.1 Å². The van der Waals surface area contributed by atoms with Crippen molar-refractivity contribution in [2.45, 2.75) is 19.1 Å². The van der Waals surface area contributed by atoms with Crippen molar-refractivity contribution in [3.63, 3.8) is 0 Å². The van der Waals surface area contributed by atoms with Gasteiger partial charge in [0.1, 0.15) is 5.75 Å². The summed E-state index contributed by atoms with van der Waals surface area (Å²) in [5.74, 6) is -0.463. The Morgan fingerprint density at radius 3 is 2.58 bits per heavy atom. The SMILES string of the molecule is CC(NC(=O)COc1cccc(C(F)(F)F)c1)c1cccc(Cl)c1. The number of nitrogens with one attached hydrogen (secondary N) is 1. The van der Waals surface area contributed by atoms with Gasteiger partial charge in [0.05, 0.1) is 11.6 Å². The molecule has 2 aromatic rings. The average molecular weight is 358 g/mol. The number of carbonyl (C=O) groups is 1. The van der Waals surface area contributed by atoms with Crippen molar-refractivity contribution in [1.82, 2.24) is 5.32 Å². The van der Waals surface area contributed by atoms with Gasteiger partial charge in [-0.25, -0.2) is 0 Å². The van der Waals surface area contributed by atoms with Crippen molar-refractivity contribution in [2.75, 3.05) is 6.61 Å². The predicted octanol–water partition coefficient (Wildman–Crippen LogP) is 4.62. The second-order valence-electron chi connectivity index (χ2n) is 5.16. The van der Waals surface area contributed by atoms with E-state index in [9.17, 15) is 18.0 Å². The van der Waals surface area contributed by atoms with E-state index in [2.05, 4.69) is 5.32 Å². The van der Waals surface area contributed by atoms with Crippen LogP contribution in [0.2, 0.25) is 5.02 Å². The first-order chi connectivity index (χ1) is 11.3. The van der Waals surface area contributed by atoms with E-state index in [1.165, 1.54) is 12.1 Å². The van der Waals surface area contributed by atoms with Gasteiger partial charge < -0.3 is 10.1 Å². The molecule has 24 heavy (non-hydrogen) atoms. The summed E-state index contributed by atoms with van der Waals surface area (Å²) < 4.78 is 43.0. The number of hydrogen-bond acceptors (Lipinski definition) is 2. The van der Waals surface area contributed by atoms with E-state index in [1.807, 2.05) is 6.07 Å².